The van der Waals surface area contributed by atoms with Crippen LogP contribution in [0.15, 0.2) is 36.5 Å². The van der Waals surface area contributed by atoms with Gasteiger partial charge >= 0.3 is 6.18 Å². The van der Waals surface area contributed by atoms with Crippen molar-refractivity contribution >= 4 is 11.5 Å². The molecule has 2 aromatic rings. The maximum absolute atomic E-state index is 12.8. The molecular formula is C13H14F3N5. The van der Waals surface area contributed by atoms with E-state index in [4.69, 9.17) is 17.3 Å². The second-order valence-electron chi connectivity index (χ2n) is 4.42. The van der Waals surface area contributed by atoms with Gasteiger partial charge in [-0.05, 0) is 29.8 Å². The minimum atomic E-state index is -4.47. The molecule has 21 heavy (non-hydrogen) atoms. The van der Waals surface area contributed by atoms with E-state index in [0.717, 1.165) is 12.1 Å². The first-order chi connectivity index (χ1) is 9.84. The third-order valence-electron chi connectivity index (χ3n) is 3.07. The van der Waals surface area contributed by atoms with Gasteiger partial charge < -0.3 is 11.5 Å². The van der Waals surface area contributed by atoms with Gasteiger partial charge in [0.1, 0.15) is 5.82 Å². The lowest BCUT2D eigenvalue weighted by atomic mass is 9.96. The smallest absolute Gasteiger partial charge is 0.398 e. The topological polar surface area (TPSA) is 103 Å². The van der Waals surface area contributed by atoms with Crippen molar-refractivity contribution in [2.45, 2.75) is 12.2 Å². The normalized spacial score (nSPS) is 13.1. The van der Waals surface area contributed by atoms with Gasteiger partial charge in [-0.25, -0.2) is 10.4 Å². The quantitative estimate of drug-likeness (QED) is 0.393. The maximum atomic E-state index is 12.8. The van der Waals surface area contributed by atoms with Crippen molar-refractivity contribution in [3.8, 4) is 0 Å². The van der Waals surface area contributed by atoms with Crippen molar-refractivity contribution in [3.05, 3.63) is 53.2 Å². The number of benzene rings is 1. The highest BCUT2D eigenvalue weighted by Crippen LogP contribution is 2.35. The molecule has 0 aliphatic heterocycles. The summed E-state index contributed by atoms with van der Waals surface area (Å²) >= 11 is 0. The summed E-state index contributed by atoms with van der Waals surface area (Å²) in [5.41, 5.74) is 13.9. The fraction of sp³-hybridized carbons (Fsp3) is 0.154. The van der Waals surface area contributed by atoms with Gasteiger partial charge in [-0.2, -0.15) is 13.2 Å². The van der Waals surface area contributed by atoms with E-state index in [-0.39, 0.29) is 17.1 Å². The fourth-order valence-corrected chi connectivity index (χ4v) is 2.02. The summed E-state index contributed by atoms with van der Waals surface area (Å²) in [6, 6.07) is 5.49. The molecule has 0 bridgehead atoms. The molecule has 0 spiro atoms. The van der Waals surface area contributed by atoms with Gasteiger partial charge in [0.2, 0.25) is 0 Å². The number of nitrogens with one attached hydrogen (secondary N) is 1. The summed E-state index contributed by atoms with van der Waals surface area (Å²) < 4.78 is 38.5. The van der Waals surface area contributed by atoms with Gasteiger partial charge in [0.05, 0.1) is 11.6 Å². The molecule has 2 rings (SSSR count). The van der Waals surface area contributed by atoms with Crippen LogP contribution in [0, 0.1) is 0 Å². The highest BCUT2D eigenvalue weighted by Gasteiger charge is 2.32. The zero-order valence-electron chi connectivity index (χ0n) is 10.9. The number of nitrogen functional groups attached to an aromatic ring is 2. The molecule has 1 aromatic heterocycles. The van der Waals surface area contributed by atoms with Gasteiger partial charge in [-0.1, -0.05) is 6.07 Å². The Balaban J connectivity index is 2.55. The number of rotatable bonds is 3. The molecule has 0 aliphatic carbocycles. The van der Waals surface area contributed by atoms with E-state index >= 15 is 0 Å². The van der Waals surface area contributed by atoms with Gasteiger partial charge in [-0.15, -0.1) is 0 Å². The van der Waals surface area contributed by atoms with Crippen LogP contribution in [0.5, 0.6) is 0 Å². The van der Waals surface area contributed by atoms with Gasteiger partial charge in [0.15, 0.2) is 0 Å². The number of pyridine rings is 1. The molecule has 1 atom stereocenters. The SMILES string of the molecule is NNC(c1cc(C(F)(F)F)ccc1N)c1cccnc1N. The predicted molar refractivity (Wildman–Crippen MR) is 73.7 cm³/mol. The molecule has 0 saturated heterocycles. The first-order valence-electron chi connectivity index (χ1n) is 5.97. The predicted octanol–water partition coefficient (Wildman–Crippen LogP) is 1.82. The Kier molecular flexibility index (Phi) is 4.01. The summed E-state index contributed by atoms with van der Waals surface area (Å²) in [7, 11) is 0. The Morgan fingerprint density at radius 1 is 1.10 bits per heavy atom. The van der Waals surface area contributed by atoms with Crippen LogP contribution in [0.2, 0.25) is 0 Å². The van der Waals surface area contributed by atoms with Crippen molar-refractivity contribution in [3.63, 3.8) is 0 Å². The molecule has 0 amide bonds. The summed E-state index contributed by atoms with van der Waals surface area (Å²) in [6.45, 7) is 0. The highest BCUT2D eigenvalue weighted by molar-refractivity contribution is 5.56. The van der Waals surface area contributed by atoms with Gasteiger partial charge in [-0.3, -0.25) is 5.84 Å². The van der Waals surface area contributed by atoms with Crippen LogP contribution in [0.25, 0.3) is 0 Å². The summed E-state index contributed by atoms with van der Waals surface area (Å²) in [6.07, 6.45) is -3.00. The second kappa shape index (κ2) is 5.58. The van der Waals surface area contributed by atoms with E-state index < -0.39 is 17.8 Å². The summed E-state index contributed by atoms with van der Waals surface area (Å²) in [5, 5.41) is 0. The largest absolute Gasteiger partial charge is 0.416 e. The maximum Gasteiger partial charge on any atom is 0.416 e. The van der Waals surface area contributed by atoms with Crippen LogP contribution in [0.4, 0.5) is 24.7 Å². The summed E-state index contributed by atoms with van der Waals surface area (Å²) in [4.78, 5) is 3.89. The van der Waals surface area contributed by atoms with E-state index in [9.17, 15) is 13.2 Å². The molecular weight excluding hydrogens is 283 g/mol. The molecule has 1 heterocycles. The van der Waals surface area contributed by atoms with Crippen molar-refractivity contribution < 1.29 is 13.2 Å². The van der Waals surface area contributed by atoms with E-state index in [1.807, 2.05) is 0 Å². The number of alkyl halides is 3. The third-order valence-corrected chi connectivity index (χ3v) is 3.07. The number of halogens is 3. The lowest BCUT2D eigenvalue weighted by Gasteiger charge is -2.21. The van der Waals surface area contributed by atoms with E-state index in [1.54, 1.807) is 12.1 Å². The standard InChI is InChI=1S/C13H14F3N5/c14-13(15,16)7-3-4-10(17)9(6-7)11(21-19)8-2-1-5-20-12(8)18/h1-6,11,21H,17,19H2,(H2,18,20). The lowest BCUT2D eigenvalue weighted by molar-refractivity contribution is -0.137. The molecule has 7 N–H and O–H groups in total. The van der Waals surface area contributed by atoms with Gasteiger partial charge in [0, 0.05) is 17.4 Å². The van der Waals surface area contributed by atoms with Crippen LogP contribution < -0.4 is 22.7 Å². The van der Waals surface area contributed by atoms with E-state index in [1.165, 1.54) is 12.3 Å². The molecule has 1 unspecified atom stereocenters. The van der Waals surface area contributed by atoms with Crippen LogP contribution in [-0.4, -0.2) is 4.98 Å². The minimum absolute atomic E-state index is 0.164. The molecule has 0 fully saturated rings. The number of anilines is 2. The number of hydrogen-bond acceptors (Lipinski definition) is 5. The summed E-state index contributed by atoms with van der Waals surface area (Å²) in [5.74, 6) is 5.63. The third kappa shape index (κ3) is 3.06. The Labute approximate surface area is 118 Å². The molecule has 8 heteroatoms. The number of aromatic nitrogens is 1. The van der Waals surface area contributed by atoms with Crippen LogP contribution in [0.1, 0.15) is 22.7 Å². The highest BCUT2D eigenvalue weighted by atomic mass is 19.4. The Hall–Kier alpha value is -2.32. The van der Waals surface area contributed by atoms with Crippen molar-refractivity contribution in [2.24, 2.45) is 5.84 Å². The monoisotopic (exact) mass is 297 g/mol. The number of nitrogens with zero attached hydrogens (tertiary/aromatic N) is 1. The van der Waals surface area contributed by atoms with Crippen LogP contribution in [0.3, 0.4) is 0 Å². The molecule has 0 radical (unpaired) electrons. The minimum Gasteiger partial charge on any atom is -0.398 e. The van der Waals surface area contributed by atoms with E-state index in [2.05, 4.69) is 10.4 Å². The zero-order chi connectivity index (χ0) is 15.6. The van der Waals surface area contributed by atoms with Crippen molar-refractivity contribution in [1.29, 1.82) is 0 Å². The van der Waals surface area contributed by atoms with Crippen molar-refractivity contribution in [2.75, 3.05) is 11.5 Å². The Bertz CT molecular complexity index is 642. The molecule has 1 aromatic carbocycles. The average molecular weight is 297 g/mol. The molecule has 0 aliphatic rings. The lowest BCUT2D eigenvalue weighted by Crippen LogP contribution is -2.30. The zero-order valence-corrected chi connectivity index (χ0v) is 10.9. The average Bonchev–Trinajstić information content (AvgIpc) is 2.42. The van der Waals surface area contributed by atoms with Gasteiger partial charge in [0.25, 0.3) is 0 Å². The first kappa shape index (κ1) is 15.1. The van der Waals surface area contributed by atoms with Crippen LogP contribution >= 0.6 is 0 Å². The first-order valence-corrected chi connectivity index (χ1v) is 5.97. The Morgan fingerprint density at radius 2 is 1.81 bits per heavy atom. The van der Waals surface area contributed by atoms with E-state index in [0.29, 0.717) is 5.56 Å². The number of hydrazine groups is 1. The molecule has 0 saturated carbocycles. The van der Waals surface area contributed by atoms with Crippen molar-refractivity contribution in [1.82, 2.24) is 10.4 Å². The molecule has 5 nitrogen and oxygen atoms in total. The fourth-order valence-electron chi connectivity index (χ4n) is 2.02. The number of nitrogens with two attached hydrogens (primary N) is 3. The number of hydrogen-bond donors (Lipinski definition) is 4. The second-order valence-corrected chi connectivity index (χ2v) is 4.42. The Morgan fingerprint density at radius 3 is 2.38 bits per heavy atom. The van der Waals surface area contributed by atoms with Crippen LogP contribution in [-0.2, 0) is 6.18 Å². The molecule has 112 valence electrons.